The first-order chi connectivity index (χ1) is 5.81. The zero-order chi connectivity index (χ0) is 8.44. The van der Waals surface area contributed by atoms with Gasteiger partial charge in [0.15, 0.2) is 0 Å². The molecule has 2 nitrogen and oxygen atoms in total. The van der Waals surface area contributed by atoms with E-state index in [9.17, 15) is 5.11 Å². The van der Waals surface area contributed by atoms with Crippen LogP contribution >= 0.6 is 0 Å². The highest BCUT2D eigenvalue weighted by Gasteiger charge is 2.33. The van der Waals surface area contributed by atoms with Crippen molar-refractivity contribution in [1.29, 1.82) is 0 Å². The summed E-state index contributed by atoms with van der Waals surface area (Å²) in [4.78, 5) is 3.89. The molecule has 0 spiro atoms. The van der Waals surface area contributed by atoms with Crippen molar-refractivity contribution in [1.82, 2.24) is 4.98 Å². The van der Waals surface area contributed by atoms with Crippen LogP contribution in [0.4, 0.5) is 0 Å². The Balaban J connectivity index is 2.29. The molecule has 1 heterocycles. The third kappa shape index (κ3) is 1.23. The van der Waals surface area contributed by atoms with E-state index in [4.69, 9.17) is 0 Å². The van der Waals surface area contributed by atoms with Crippen molar-refractivity contribution in [2.45, 2.75) is 31.3 Å². The molecule has 1 aliphatic carbocycles. The Morgan fingerprint density at radius 2 is 2.17 bits per heavy atom. The van der Waals surface area contributed by atoms with E-state index < -0.39 is 5.60 Å². The Morgan fingerprint density at radius 1 is 1.42 bits per heavy atom. The van der Waals surface area contributed by atoms with Crippen LogP contribution in [0.1, 0.15) is 31.2 Å². The van der Waals surface area contributed by atoms with Crippen LogP contribution in [0.3, 0.4) is 0 Å². The second kappa shape index (κ2) is 2.87. The van der Waals surface area contributed by atoms with Gasteiger partial charge in [-0.3, -0.25) is 4.98 Å². The second-order valence-corrected chi connectivity index (χ2v) is 3.40. The van der Waals surface area contributed by atoms with Crippen molar-refractivity contribution in [3.63, 3.8) is 0 Å². The molecule has 2 heteroatoms. The molecule has 2 rings (SSSR count). The lowest BCUT2D eigenvalue weighted by molar-refractivity contribution is 0.0438. The van der Waals surface area contributed by atoms with Crippen LogP contribution in [0.25, 0.3) is 0 Å². The average molecular weight is 162 g/mol. The van der Waals surface area contributed by atoms with Gasteiger partial charge in [0, 0.05) is 11.8 Å². The van der Waals surface area contributed by atoms with Crippen molar-refractivity contribution in [3.8, 4) is 0 Å². The highest BCUT2D eigenvalue weighted by molar-refractivity contribution is 5.17. The van der Waals surface area contributed by atoms with Crippen molar-refractivity contribution in [2.24, 2.45) is 0 Å². The topological polar surface area (TPSA) is 33.1 Å². The summed E-state index contributed by atoms with van der Waals surface area (Å²) in [5.74, 6) is 0. The summed E-state index contributed by atoms with van der Waals surface area (Å²) in [5, 5.41) is 10.1. The lowest BCUT2D eigenvalue weighted by Gasteiger charge is -2.21. The van der Waals surface area contributed by atoms with E-state index in [-0.39, 0.29) is 0 Å². The lowest BCUT2D eigenvalue weighted by atomic mass is 9.94. The predicted molar refractivity (Wildman–Crippen MR) is 45.4 cm³/mol. The van der Waals surface area contributed by atoms with Gasteiger partial charge >= 0.3 is 0 Å². The maximum Gasteiger partial charge on any atom is 0.0950 e. The Bertz CT molecular complexity index is 252. The van der Waals surface area contributed by atoms with Crippen LogP contribution in [0.15, 0.2) is 18.3 Å². The molecule has 12 heavy (non-hydrogen) atoms. The van der Waals surface area contributed by atoms with E-state index in [0.29, 0.717) is 0 Å². The molecule has 1 N–H and O–H groups in total. The number of rotatable bonds is 1. The van der Waals surface area contributed by atoms with Crippen LogP contribution in [0.2, 0.25) is 0 Å². The maximum atomic E-state index is 10.1. The quantitative estimate of drug-likeness (QED) is 0.681. The summed E-state index contributed by atoms with van der Waals surface area (Å²) < 4.78 is 0. The monoisotopic (exact) mass is 162 g/mol. The Hall–Kier alpha value is -0.890. The van der Waals surface area contributed by atoms with E-state index in [1.165, 1.54) is 0 Å². The van der Waals surface area contributed by atoms with Gasteiger partial charge in [0.2, 0.25) is 0 Å². The minimum absolute atomic E-state index is 0.631. The second-order valence-electron chi connectivity index (χ2n) is 3.40. The predicted octanol–water partition coefficient (Wildman–Crippen LogP) is 1.64. The highest BCUT2D eigenvalue weighted by Crippen LogP contribution is 2.37. The summed E-state index contributed by atoms with van der Waals surface area (Å²) in [6, 6.07) is 3.75. The molecule has 0 aliphatic heterocycles. The van der Waals surface area contributed by atoms with E-state index >= 15 is 0 Å². The summed E-state index contributed by atoms with van der Waals surface area (Å²) in [5.41, 5.74) is 0.219. The number of hydrogen-bond donors (Lipinski definition) is 1. The lowest BCUT2D eigenvalue weighted by Crippen LogP contribution is -2.20. The van der Waals surface area contributed by atoms with Gasteiger partial charge in [-0.1, -0.05) is 18.9 Å². The fraction of sp³-hybridized carbons (Fsp3) is 0.500. The highest BCUT2D eigenvalue weighted by atomic mass is 16.3. The van der Waals surface area contributed by atoms with Crippen LogP contribution in [0.5, 0.6) is 0 Å². The summed E-state index contributed by atoms with van der Waals surface area (Å²) in [7, 11) is 0. The SMILES string of the molecule is OC1(c2[c]nccc2)CCCC1. The fourth-order valence-electron chi connectivity index (χ4n) is 1.81. The maximum absolute atomic E-state index is 10.1. The van der Waals surface area contributed by atoms with E-state index in [1.807, 2.05) is 12.1 Å². The van der Waals surface area contributed by atoms with E-state index in [1.54, 1.807) is 6.20 Å². The van der Waals surface area contributed by atoms with Gasteiger partial charge in [0.05, 0.1) is 11.8 Å². The van der Waals surface area contributed by atoms with Gasteiger partial charge in [-0.15, -0.1) is 0 Å². The Kier molecular flexibility index (Phi) is 1.85. The van der Waals surface area contributed by atoms with Crippen molar-refractivity contribution in [3.05, 3.63) is 30.1 Å². The molecule has 1 aliphatic rings. The molecule has 1 aromatic rings. The first-order valence-electron chi connectivity index (χ1n) is 4.37. The molecule has 63 valence electrons. The molecule has 0 atom stereocenters. The molecule has 0 bridgehead atoms. The molecular formula is C10H12NO. The number of aliphatic hydroxyl groups is 1. The zero-order valence-corrected chi connectivity index (χ0v) is 6.95. The first kappa shape index (κ1) is 7.74. The molecule has 1 aromatic heterocycles. The van der Waals surface area contributed by atoms with E-state index in [2.05, 4.69) is 11.2 Å². The number of nitrogens with zero attached hydrogens (tertiary/aromatic N) is 1. The van der Waals surface area contributed by atoms with Gasteiger partial charge in [0.1, 0.15) is 0 Å². The average Bonchev–Trinajstić information content (AvgIpc) is 2.55. The molecular weight excluding hydrogens is 150 g/mol. The number of hydrogen-bond acceptors (Lipinski definition) is 2. The van der Waals surface area contributed by atoms with Crippen molar-refractivity contribution >= 4 is 0 Å². The molecule has 1 fully saturated rings. The smallest absolute Gasteiger partial charge is 0.0950 e. The van der Waals surface area contributed by atoms with Crippen molar-refractivity contribution < 1.29 is 5.11 Å². The van der Waals surface area contributed by atoms with Crippen LogP contribution in [-0.2, 0) is 5.60 Å². The van der Waals surface area contributed by atoms with Crippen LogP contribution in [-0.4, -0.2) is 10.1 Å². The van der Waals surface area contributed by atoms with Crippen molar-refractivity contribution in [2.75, 3.05) is 0 Å². The summed E-state index contributed by atoms with van der Waals surface area (Å²) >= 11 is 0. The van der Waals surface area contributed by atoms with Gasteiger partial charge in [-0.05, 0) is 18.9 Å². The molecule has 1 radical (unpaired) electrons. The van der Waals surface area contributed by atoms with Gasteiger partial charge < -0.3 is 5.11 Å². The van der Waals surface area contributed by atoms with Gasteiger partial charge in [-0.2, -0.15) is 0 Å². The Labute approximate surface area is 72.3 Å². The number of aromatic nitrogens is 1. The first-order valence-corrected chi connectivity index (χ1v) is 4.37. The third-order valence-electron chi connectivity index (χ3n) is 2.54. The molecule has 1 saturated carbocycles. The van der Waals surface area contributed by atoms with Gasteiger partial charge in [0.25, 0.3) is 0 Å². The zero-order valence-electron chi connectivity index (χ0n) is 6.95. The van der Waals surface area contributed by atoms with E-state index in [0.717, 1.165) is 31.2 Å². The molecule has 0 saturated heterocycles. The van der Waals surface area contributed by atoms with Crippen LogP contribution in [0, 0.1) is 6.20 Å². The minimum atomic E-state index is -0.631. The normalized spacial score (nSPS) is 21.1. The fourth-order valence-corrected chi connectivity index (χ4v) is 1.81. The summed E-state index contributed by atoms with van der Waals surface area (Å²) in [6.07, 6.45) is 8.47. The third-order valence-corrected chi connectivity index (χ3v) is 2.54. The summed E-state index contributed by atoms with van der Waals surface area (Å²) in [6.45, 7) is 0. The Morgan fingerprint density at radius 3 is 2.75 bits per heavy atom. The molecule has 0 aromatic carbocycles. The molecule has 0 unspecified atom stereocenters. The van der Waals surface area contributed by atoms with Crippen LogP contribution < -0.4 is 0 Å². The minimum Gasteiger partial charge on any atom is -0.385 e. The molecule has 0 amide bonds. The number of pyridine rings is 1. The standard InChI is InChI=1S/C10H12NO/c12-10(5-1-2-6-10)9-4-3-7-11-8-9/h3-4,7,12H,1-2,5-6H2. The van der Waals surface area contributed by atoms with Gasteiger partial charge in [-0.25, -0.2) is 0 Å². The largest absolute Gasteiger partial charge is 0.385 e.